The number of rotatable bonds is 4. The highest BCUT2D eigenvalue weighted by Crippen LogP contribution is 2.11. The molecule has 0 heterocycles. The molecule has 0 aliphatic rings. The van der Waals surface area contributed by atoms with Crippen LogP contribution in [0.5, 0.6) is 0 Å². The van der Waals surface area contributed by atoms with Crippen molar-refractivity contribution in [1.29, 1.82) is 0 Å². The normalized spacial score (nSPS) is 9.73. The lowest BCUT2D eigenvalue weighted by Crippen LogP contribution is -2.29. The van der Waals surface area contributed by atoms with Crippen molar-refractivity contribution in [3.8, 4) is 0 Å². The van der Waals surface area contributed by atoms with Crippen molar-refractivity contribution >= 4 is 12.0 Å². The molecule has 0 aromatic heterocycles. The molecular weight excluding hydrogens is 190 g/mol. The lowest BCUT2D eigenvalue weighted by molar-refractivity contribution is 0.0767. The zero-order valence-corrected chi connectivity index (χ0v) is 8.81. The Kier molecular flexibility index (Phi) is 4.06. The number of likely N-dealkylation sites (N-methyl/N-ethyl adjacent to an activating group) is 1. The first-order valence-electron chi connectivity index (χ1n) is 4.78. The molecular formula is C12H15NO2. The van der Waals surface area contributed by atoms with Crippen LogP contribution in [-0.4, -0.2) is 36.1 Å². The predicted molar refractivity (Wildman–Crippen MR) is 60.6 cm³/mol. The average Bonchev–Trinajstić information content (AvgIpc) is 2.28. The zero-order valence-electron chi connectivity index (χ0n) is 8.81. The number of carbonyl (C=O) groups excluding carboxylic acids is 1. The van der Waals surface area contributed by atoms with Gasteiger partial charge in [0.15, 0.2) is 0 Å². The van der Waals surface area contributed by atoms with Gasteiger partial charge in [0.25, 0.3) is 5.91 Å². The van der Waals surface area contributed by atoms with Gasteiger partial charge in [0.1, 0.15) is 0 Å². The van der Waals surface area contributed by atoms with E-state index in [2.05, 4.69) is 6.58 Å². The molecule has 15 heavy (non-hydrogen) atoms. The number of benzene rings is 1. The summed E-state index contributed by atoms with van der Waals surface area (Å²) < 4.78 is 0. The summed E-state index contributed by atoms with van der Waals surface area (Å²) in [6, 6.07) is 7.27. The minimum absolute atomic E-state index is 0.0293. The molecule has 0 saturated heterocycles. The van der Waals surface area contributed by atoms with Gasteiger partial charge in [-0.1, -0.05) is 30.9 Å². The molecule has 0 fully saturated rings. The molecule has 1 amide bonds. The number of aliphatic hydroxyl groups is 1. The van der Waals surface area contributed by atoms with Crippen LogP contribution in [-0.2, 0) is 0 Å². The first-order chi connectivity index (χ1) is 7.20. The molecule has 0 bridgehead atoms. The third kappa shape index (κ3) is 2.67. The number of hydrogen-bond donors (Lipinski definition) is 1. The molecule has 0 unspecified atom stereocenters. The third-order valence-electron chi connectivity index (χ3n) is 2.19. The minimum Gasteiger partial charge on any atom is -0.395 e. The third-order valence-corrected chi connectivity index (χ3v) is 2.19. The fourth-order valence-electron chi connectivity index (χ4n) is 1.33. The van der Waals surface area contributed by atoms with Crippen LogP contribution in [0.25, 0.3) is 6.08 Å². The number of nitrogens with zero attached hydrogens (tertiary/aromatic N) is 1. The zero-order chi connectivity index (χ0) is 11.3. The number of amides is 1. The van der Waals surface area contributed by atoms with Gasteiger partial charge in [-0.2, -0.15) is 0 Å². The SMILES string of the molecule is C=Cc1ccccc1C(=O)N(C)CCO. The highest BCUT2D eigenvalue weighted by molar-refractivity contribution is 5.97. The fraction of sp³-hybridized carbons (Fsp3) is 0.250. The second-order valence-electron chi connectivity index (χ2n) is 3.24. The molecule has 1 aromatic carbocycles. The Morgan fingerprint density at radius 2 is 2.20 bits per heavy atom. The molecule has 1 rings (SSSR count). The second-order valence-corrected chi connectivity index (χ2v) is 3.24. The maximum absolute atomic E-state index is 11.9. The first-order valence-corrected chi connectivity index (χ1v) is 4.78. The summed E-state index contributed by atoms with van der Waals surface area (Å²) in [6.07, 6.45) is 1.65. The van der Waals surface area contributed by atoms with Gasteiger partial charge in [-0.05, 0) is 11.6 Å². The molecule has 80 valence electrons. The number of hydrogen-bond acceptors (Lipinski definition) is 2. The van der Waals surface area contributed by atoms with Crippen LogP contribution in [0.1, 0.15) is 15.9 Å². The van der Waals surface area contributed by atoms with Gasteiger partial charge < -0.3 is 10.0 Å². The van der Waals surface area contributed by atoms with Gasteiger partial charge in [-0.15, -0.1) is 0 Å². The summed E-state index contributed by atoms with van der Waals surface area (Å²) in [5, 5.41) is 8.74. The van der Waals surface area contributed by atoms with Gasteiger partial charge in [-0.3, -0.25) is 4.79 Å². The molecule has 0 atom stereocenters. The van der Waals surface area contributed by atoms with Crippen LogP contribution >= 0.6 is 0 Å². The van der Waals surface area contributed by atoms with Crippen molar-refractivity contribution in [3.63, 3.8) is 0 Å². The Labute approximate surface area is 89.6 Å². The van der Waals surface area contributed by atoms with Crippen molar-refractivity contribution in [1.82, 2.24) is 4.90 Å². The summed E-state index contributed by atoms with van der Waals surface area (Å²) in [5.74, 6) is -0.0976. The predicted octanol–water partition coefficient (Wildman–Crippen LogP) is 1.39. The average molecular weight is 205 g/mol. The molecule has 1 aromatic rings. The van der Waals surface area contributed by atoms with E-state index < -0.39 is 0 Å². The highest BCUT2D eigenvalue weighted by Gasteiger charge is 2.12. The summed E-state index contributed by atoms with van der Waals surface area (Å²) >= 11 is 0. The summed E-state index contributed by atoms with van der Waals surface area (Å²) in [6.45, 7) is 3.97. The van der Waals surface area contributed by atoms with E-state index in [1.807, 2.05) is 18.2 Å². The molecule has 0 radical (unpaired) electrons. The topological polar surface area (TPSA) is 40.5 Å². The summed E-state index contributed by atoms with van der Waals surface area (Å²) in [4.78, 5) is 13.4. The summed E-state index contributed by atoms with van der Waals surface area (Å²) in [7, 11) is 1.67. The van der Waals surface area contributed by atoms with Gasteiger partial charge in [0, 0.05) is 19.2 Å². The van der Waals surface area contributed by atoms with Crippen molar-refractivity contribution < 1.29 is 9.90 Å². The standard InChI is InChI=1S/C12H15NO2/c1-3-10-6-4-5-7-11(10)12(15)13(2)8-9-14/h3-7,14H,1,8-9H2,2H3. The Morgan fingerprint density at radius 1 is 1.53 bits per heavy atom. The molecule has 0 aliphatic heterocycles. The second kappa shape index (κ2) is 5.32. The van der Waals surface area contributed by atoms with Crippen LogP contribution in [0, 0.1) is 0 Å². The Balaban J connectivity index is 2.95. The molecule has 0 saturated carbocycles. The summed E-state index contributed by atoms with van der Waals surface area (Å²) in [5.41, 5.74) is 1.43. The maximum Gasteiger partial charge on any atom is 0.254 e. The van der Waals surface area contributed by atoms with Crippen LogP contribution < -0.4 is 0 Å². The molecule has 3 nitrogen and oxygen atoms in total. The smallest absolute Gasteiger partial charge is 0.254 e. The Bertz CT molecular complexity index is 360. The van der Waals surface area contributed by atoms with E-state index >= 15 is 0 Å². The van der Waals surface area contributed by atoms with E-state index in [-0.39, 0.29) is 12.5 Å². The lowest BCUT2D eigenvalue weighted by atomic mass is 10.1. The number of carbonyl (C=O) groups is 1. The Morgan fingerprint density at radius 3 is 2.80 bits per heavy atom. The van der Waals surface area contributed by atoms with Crippen molar-refractivity contribution in [2.24, 2.45) is 0 Å². The van der Waals surface area contributed by atoms with Crippen LogP contribution in [0.3, 0.4) is 0 Å². The molecule has 0 spiro atoms. The molecule has 0 aliphatic carbocycles. The fourth-order valence-corrected chi connectivity index (χ4v) is 1.33. The van der Waals surface area contributed by atoms with E-state index in [0.29, 0.717) is 12.1 Å². The van der Waals surface area contributed by atoms with E-state index in [1.165, 1.54) is 4.90 Å². The molecule has 1 N–H and O–H groups in total. The Hall–Kier alpha value is -1.61. The van der Waals surface area contributed by atoms with Crippen LogP contribution in [0.2, 0.25) is 0 Å². The van der Waals surface area contributed by atoms with Gasteiger partial charge in [-0.25, -0.2) is 0 Å². The van der Waals surface area contributed by atoms with Crippen LogP contribution in [0.4, 0.5) is 0 Å². The largest absolute Gasteiger partial charge is 0.395 e. The van der Waals surface area contributed by atoms with Gasteiger partial charge in [0.2, 0.25) is 0 Å². The first kappa shape index (κ1) is 11.5. The van der Waals surface area contributed by atoms with Gasteiger partial charge >= 0.3 is 0 Å². The monoisotopic (exact) mass is 205 g/mol. The van der Waals surface area contributed by atoms with E-state index in [9.17, 15) is 4.79 Å². The van der Waals surface area contributed by atoms with Crippen molar-refractivity contribution in [3.05, 3.63) is 42.0 Å². The van der Waals surface area contributed by atoms with Crippen molar-refractivity contribution in [2.45, 2.75) is 0 Å². The molecule has 3 heteroatoms. The lowest BCUT2D eigenvalue weighted by Gasteiger charge is -2.16. The minimum atomic E-state index is -0.0976. The number of aliphatic hydroxyl groups excluding tert-OH is 1. The maximum atomic E-state index is 11.9. The van der Waals surface area contributed by atoms with E-state index in [0.717, 1.165) is 5.56 Å². The van der Waals surface area contributed by atoms with Gasteiger partial charge in [0.05, 0.1) is 6.61 Å². The van der Waals surface area contributed by atoms with Crippen molar-refractivity contribution in [2.75, 3.05) is 20.2 Å². The highest BCUT2D eigenvalue weighted by atomic mass is 16.3. The van der Waals surface area contributed by atoms with Crippen LogP contribution in [0.15, 0.2) is 30.8 Å². The van der Waals surface area contributed by atoms with E-state index in [1.54, 1.807) is 19.2 Å². The van der Waals surface area contributed by atoms with E-state index in [4.69, 9.17) is 5.11 Å². The quantitative estimate of drug-likeness (QED) is 0.807.